The van der Waals surface area contributed by atoms with Gasteiger partial charge in [-0.2, -0.15) is 0 Å². The van der Waals surface area contributed by atoms with Crippen molar-refractivity contribution in [2.24, 2.45) is 0 Å². The molecule has 10 radical (unpaired) electrons. The maximum absolute atomic E-state index is 16.4. The van der Waals surface area contributed by atoms with Gasteiger partial charge in [0.1, 0.15) is 17.7 Å². The predicted octanol–water partition coefficient (Wildman–Crippen LogP) is -0.138. The molecule has 2 aromatic rings. The normalized spacial score (nSPS) is 22.5. The molecule has 2 aliphatic rings. The van der Waals surface area contributed by atoms with E-state index >= 15 is 4.39 Å². The minimum atomic E-state index is -2.82. The molecular formula is C30H34B5FN4O6. The molecule has 1 saturated heterocycles. The molecule has 0 spiro atoms. The fraction of sp³-hybridized carbons (Fsp3) is 0.500. The number of nitrogens with one attached hydrogen (secondary N) is 2. The first-order valence-corrected chi connectivity index (χ1v) is 14.6. The third kappa shape index (κ3) is 6.16. The number of rotatable bonds is 10. The fourth-order valence-corrected chi connectivity index (χ4v) is 6.53. The van der Waals surface area contributed by atoms with Crippen LogP contribution < -0.4 is 10.6 Å². The number of likely N-dealkylation sites (N-methyl/N-ethyl adjacent to an activating group) is 1. The summed E-state index contributed by atoms with van der Waals surface area (Å²) in [6.45, 7) is 8.07. The summed E-state index contributed by atoms with van der Waals surface area (Å²) in [5.41, 5.74) is -7.88. The van der Waals surface area contributed by atoms with Crippen LogP contribution in [-0.4, -0.2) is 114 Å². The minimum absolute atomic E-state index is 0.110. The van der Waals surface area contributed by atoms with Crippen LogP contribution in [-0.2, 0) is 30.6 Å². The Morgan fingerprint density at radius 2 is 1.63 bits per heavy atom. The Bertz CT molecular complexity index is 1540. The van der Waals surface area contributed by atoms with E-state index in [1.54, 1.807) is 4.90 Å². The van der Waals surface area contributed by atoms with Gasteiger partial charge in [0.15, 0.2) is 7.85 Å². The number of aldehydes is 1. The zero-order valence-electron chi connectivity index (χ0n) is 26.6. The molecule has 2 amide bonds. The molecule has 16 heteroatoms. The lowest BCUT2D eigenvalue weighted by Crippen LogP contribution is -2.65. The first-order chi connectivity index (χ1) is 21.1. The molecule has 0 bridgehead atoms. The average molecular weight is 620 g/mol. The molecule has 2 atom stereocenters. The summed E-state index contributed by atoms with van der Waals surface area (Å²) in [4.78, 5) is 39.5. The number of hydrogen-bond acceptors (Lipinski definition) is 8. The van der Waals surface area contributed by atoms with Crippen molar-refractivity contribution in [1.29, 1.82) is 0 Å². The van der Waals surface area contributed by atoms with Crippen molar-refractivity contribution in [3.63, 3.8) is 0 Å². The first-order valence-electron chi connectivity index (χ1n) is 14.6. The number of halogens is 1. The fourth-order valence-electron chi connectivity index (χ4n) is 6.53. The lowest BCUT2D eigenvalue weighted by molar-refractivity contribution is -0.186. The molecule has 2 heterocycles. The lowest BCUT2D eigenvalue weighted by Gasteiger charge is -2.53. The quantitative estimate of drug-likeness (QED) is 0.214. The first kappa shape index (κ1) is 35.8. The molecule has 4 N–H and O–H groups in total. The second-order valence-electron chi connectivity index (χ2n) is 13.2. The third-order valence-corrected chi connectivity index (χ3v) is 8.21. The second-order valence-corrected chi connectivity index (χ2v) is 13.2. The molecule has 0 aromatic heterocycles. The maximum Gasteiger partial charge on any atom is 0.273 e. The zero-order valence-corrected chi connectivity index (χ0v) is 26.6. The second kappa shape index (κ2) is 11.9. The van der Waals surface area contributed by atoms with Gasteiger partial charge in [0.05, 0.1) is 42.6 Å². The Kier molecular flexibility index (Phi) is 9.24. The standard InChI is InChI=1S/C30H34B5FN4O6/c1-25(2)15-39(16-26(3,4)46-25)29(33,34)19-11-7-10-18(22(19)36)28(31,32)38-20-12-6-9-17-21(20)30(35,45)40(23(17)42)27(44,13-8-14-41)24(43)37-5/h6-7,9-12,14,38,44-45H,8,13,15-16H2,1-5H3,(H,37,43). The van der Waals surface area contributed by atoms with Gasteiger partial charge in [-0.05, 0) is 61.6 Å². The largest absolute Gasteiger partial charge is 0.392 e. The summed E-state index contributed by atoms with van der Waals surface area (Å²) in [5.74, 6) is -3.04. The van der Waals surface area contributed by atoms with Crippen LogP contribution in [0.15, 0.2) is 36.4 Å². The lowest BCUT2D eigenvalue weighted by atomic mass is 9.53. The molecule has 4 rings (SSSR count). The van der Waals surface area contributed by atoms with Gasteiger partial charge in [-0.3, -0.25) is 14.5 Å². The molecular weight excluding hydrogens is 585 g/mol. The van der Waals surface area contributed by atoms with E-state index in [0.717, 1.165) is 0 Å². The monoisotopic (exact) mass is 620 g/mol. The van der Waals surface area contributed by atoms with Crippen LogP contribution in [0.3, 0.4) is 0 Å². The van der Waals surface area contributed by atoms with Gasteiger partial charge in [0, 0.05) is 49.8 Å². The van der Waals surface area contributed by atoms with Crippen LogP contribution in [0.4, 0.5) is 10.1 Å². The van der Waals surface area contributed by atoms with Crippen molar-refractivity contribution < 1.29 is 33.7 Å². The number of amides is 2. The summed E-state index contributed by atoms with van der Waals surface area (Å²) in [6, 6.07) is 8.27. The number of carbonyl (C=O) groups is 3. The van der Waals surface area contributed by atoms with Gasteiger partial charge in [-0.25, -0.2) is 4.39 Å². The van der Waals surface area contributed by atoms with E-state index in [9.17, 15) is 24.6 Å². The number of aliphatic hydroxyl groups is 2. The molecule has 2 unspecified atom stereocenters. The van der Waals surface area contributed by atoms with Gasteiger partial charge in [0.2, 0.25) is 5.72 Å². The summed E-state index contributed by atoms with van der Waals surface area (Å²) < 4.78 is 22.5. The van der Waals surface area contributed by atoms with Crippen molar-refractivity contribution in [2.45, 2.75) is 73.8 Å². The Hall–Kier alpha value is -3.06. The highest BCUT2D eigenvalue weighted by Crippen LogP contribution is 2.45. The van der Waals surface area contributed by atoms with Crippen LogP contribution in [0, 0.1) is 5.82 Å². The highest BCUT2D eigenvalue weighted by molar-refractivity contribution is 6.42. The zero-order chi connectivity index (χ0) is 34.7. The van der Waals surface area contributed by atoms with Crippen molar-refractivity contribution in [1.82, 2.24) is 15.1 Å². The van der Waals surface area contributed by atoms with E-state index in [1.165, 1.54) is 43.4 Å². The van der Waals surface area contributed by atoms with Gasteiger partial charge in [0.25, 0.3) is 11.8 Å². The van der Waals surface area contributed by atoms with Crippen LogP contribution in [0.2, 0.25) is 0 Å². The summed E-state index contributed by atoms with van der Waals surface area (Å²) >= 11 is 0. The van der Waals surface area contributed by atoms with E-state index in [1.807, 2.05) is 27.7 Å². The molecule has 10 nitrogen and oxygen atoms in total. The number of fused-ring (bicyclic) bond motifs is 1. The highest BCUT2D eigenvalue weighted by Gasteiger charge is 2.58. The summed E-state index contributed by atoms with van der Waals surface area (Å²) in [5, 5.41) is 23.8. The van der Waals surface area contributed by atoms with Crippen LogP contribution in [0.5, 0.6) is 0 Å². The number of hydrogen-bond donors (Lipinski definition) is 4. The van der Waals surface area contributed by atoms with Gasteiger partial charge in [-0.1, -0.05) is 24.3 Å². The Labute approximate surface area is 275 Å². The van der Waals surface area contributed by atoms with Gasteiger partial charge >= 0.3 is 0 Å². The SMILES string of the molecule is [B]C([B])(Nc1cccc2c1C([B])(O)N(C(O)(CCC=O)C(=O)NC)C2=O)c1cccc(C([B])([B])N2CC(C)(C)OC(C)(C)C2)c1F. The minimum Gasteiger partial charge on any atom is -0.392 e. The topological polar surface area (TPSA) is 131 Å². The van der Waals surface area contributed by atoms with Crippen molar-refractivity contribution in [3.05, 3.63) is 64.5 Å². The summed E-state index contributed by atoms with van der Waals surface area (Å²) in [7, 11) is 33.6. The molecule has 0 saturated carbocycles. The van der Waals surface area contributed by atoms with Crippen LogP contribution in [0.25, 0.3) is 0 Å². The third-order valence-electron chi connectivity index (χ3n) is 8.21. The molecule has 1 fully saturated rings. The van der Waals surface area contributed by atoms with E-state index in [4.69, 9.17) is 44.0 Å². The van der Waals surface area contributed by atoms with E-state index < -0.39 is 57.3 Å². The van der Waals surface area contributed by atoms with E-state index in [0.29, 0.717) is 11.2 Å². The smallest absolute Gasteiger partial charge is 0.273 e. The van der Waals surface area contributed by atoms with Crippen molar-refractivity contribution in [2.75, 3.05) is 25.5 Å². The molecule has 2 aromatic carbocycles. The molecule has 232 valence electrons. The number of anilines is 1. The van der Waals surface area contributed by atoms with Crippen molar-refractivity contribution >= 4 is 63.0 Å². The van der Waals surface area contributed by atoms with E-state index in [-0.39, 0.29) is 47.5 Å². The number of benzene rings is 2. The predicted molar refractivity (Wildman–Crippen MR) is 174 cm³/mol. The van der Waals surface area contributed by atoms with Gasteiger partial charge in [-0.15, -0.1) is 0 Å². The highest BCUT2D eigenvalue weighted by atomic mass is 19.1. The van der Waals surface area contributed by atoms with E-state index in [2.05, 4.69) is 10.6 Å². The average Bonchev–Trinajstić information content (AvgIpc) is 3.14. The number of morpholine rings is 1. The molecule has 2 aliphatic heterocycles. The number of carbonyl (C=O) groups excluding carboxylic acids is 3. The molecule has 46 heavy (non-hydrogen) atoms. The van der Waals surface area contributed by atoms with Gasteiger partial charge < -0.3 is 35.3 Å². The Balaban J connectivity index is 1.75. The van der Waals surface area contributed by atoms with Crippen LogP contribution >= 0.6 is 0 Å². The molecule has 0 aliphatic carbocycles. The Morgan fingerprint density at radius 1 is 1.07 bits per heavy atom. The number of ether oxygens (including phenoxy) is 1. The summed E-state index contributed by atoms with van der Waals surface area (Å²) in [6.07, 6.45) is -0.494. The Morgan fingerprint density at radius 3 is 2.20 bits per heavy atom. The maximum atomic E-state index is 16.4. The van der Waals surface area contributed by atoms with Crippen LogP contribution in [0.1, 0.15) is 67.6 Å². The number of nitrogens with zero attached hydrogens (tertiary/aromatic N) is 2. The van der Waals surface area contributed by atoms with Crippen molar-refractivity contribution in [3.8, 4) is 0 Å².